The number of thiol groups is 1. The van der Waals surface area contributed by atoms with E-state index >= 15 is 0 Å². The Morgan fingerprint density at radius 1 is 1.17 bits per heavy atom. The van der Waals surface area contributed by atoms with Gasteiger partial charge in [0.25, 0.3) is 5.56 Å². The van der Waals surface area contributed by atoms with Crippen LogP contribution in [0.4, 0.5) is 11.8 Å². The number of H-pyrrole nitrogens is 1. The van der Waals surface area contributed by atoms with Gasteiger partial charge in [-0.05, 0) is 12.3 Å². The molecule has 2 aliphatic rings. The van der Waals surface area contributed by atoms with Crippen LogP contribution in [-0.2, 0) is 23.1 Å². The summed E-state index contributed by atoms with van der Waals surface area (Å²) in [6.45, 7) is -2.53. The van der Waals surface area contributed by atoms with Gasteiger partial charge >= 0.3 is 6.80 Å². The van der Waals surface area contributed by atoms with Crippen LogP contribution in [0.2, 0.25) is 0 Å². The lowest BCUT2D eigenvalue weighted by atomic mass is 10.0. The molecule has 7 unspecified atom stereocenters. The monoisotopic (exact) mass is 610 g/mol. The molecule has 4 aromatic heterocycles. The molecular weight excluding hydrogens is 583 g/mol. The Hall–Kier alpha value is -3.16. The molecule has 220 valence electrons. The molecule has 0 bridgehead atoms. The largest absolute Gasteiger partial charge is 0.386 e. The fraction of sp³-hybridized carbons (Fsp3) is 0.524. The third-order valence-electron chi connectivity index (χ3n) is 6.92. The van der Waals surface area contributed by atoms with E-state index in [1.165, 1.54) is 28.1 Å². The second kappa shape index (κ2) is 10.6. The molecule has 0 aromatic carbocycles. The summed E-state index contributed by atoms with van der Waals surface area (Å²) >= 11 is 4.11. The quantitative estimate of drug-likeness (QED) is 0.129. The fourth-order valence-corrected chi connectivity index (χ4v) is 6.49. The molecule has 0 radical (unpaired) electrons. The van der Waals surface area contributed by atoms with Gasteiger partial charge in [0, 0.05) is 6.61 Å². The highest BCUT2D eigenvalue weighted by atomic mass is 32.7. The standard InChI is InChI=1S/C21H27N10O8PS/c1-8-2-9(19(34)30-6-27-12-17(30)28-21(23)29-18(12)33)39-40(35,41)37-4-10-14(36-3-8)13(32)20(38-10)31-7-26-11-15(22)24-5-25-16(11)31/h5-10,13-14,19-20,32,34H,2-4H2,1H3,(H,35,41)(H2,22,24,25)(H3,23,28,29,33)/t8?,9-,10?,13?,14?,19?,20?,40?/m0/s1. The summed E-state index contributed by atoms with van der Waals surface area (Å²) in [5, 5.41) is 22.4. The molecule has 0 saturated carbocycles. The Kier molecular flexibility index (Phi) is 7.23. The maximum atomic E-state index is 13.3. The number of hydrogen-bond donors (Lipinski definition) is 6. The Morgan fingerprint density at radius 3 is 2.76 bits per heavy atom. The number of aliphatic hydroxyl groups excluding tert-OH is 2. The van der Waals surface area contributed by atoms with Crippen molar-refractivity contribution in [3.05, 3.63) is 29.3 Å². The molecule has 6 rings (SSSR count). The van der Waals surface area contributed by atoms with Gasteiger partial charge in [0.05, 0.1) is 19.3 Å². The molecule has 4 aromatic rings. The van der Waals surface area contributed by atoms with Crippen molar-refractivity contribution >= 4 is 53.1 Å². The average molecular weight is 611 g/mol. The van der Waals surface area contributed by atoms with E-state index in [1.807, 2.05) is 6.92 Å². The first-order valence-electron chi connectivity index (χ1n) is 12.5. The number of ether oxygens (including phenoxy) is 2. The van der Waals surface area contributed by atoms with Crippen molar-refractivity contribution in [3.63, 3.8) is 0 Å². The van der Waals surface area contributed by atoms with Crippen molar-refractivity contribution in [2.24, 2.45) is 5.92 Å². The number of nitrogens with one attached hydrogen (secondary N) is 1. The molecule has 20 heteroatoms. The second-order valence-electron chi connectivity index (χ2n) is 9.87. The Morgan fingerprint density at radius 2 is 1.95 bits per heavy atom. The van der Waals surface area contributed by atoms with Gasteiger partial charge in [0.1, 0.15) is 36.3 Å². The number of nitrogens with two attached hydrogens (primary N) is 2. The zero-order valence-corrected chi connectivity index (χ0v) is 23.2. The number of aromatic nitrogens is 8. The third kappa shape index (κ3) is 5.19. The van der Waals surface area contributed by atoms with Crippen molar-refractivity contribution in [2.45, 2.75) is 50.2 Å². The van der Waals surface area contributed by atoms with Gasteiger partial charge < -0.3 is 31.2 Å². The third-order valence-corrected chi connectivity index (χ3v) is 8.56. The lowest BCUT2D eigenvalue weighted by molar-refractivity contribution is -0.0624. The topological polar surface area (TPSA) is 254 Å². The first kappa shape index (κ1) is 28.0. The Labute approximate surface area is 235 Å². The summed E-state index contributed by atoms with van der Waals surface area (Å²) < 4.78 is 39.4. The lowest BCUT2D eigenvalue weighted by Crippen LogP contribution is -2.37. The number of nitrogens with zero attached hydrogens (tertiary/aromatic N) is 7. The zero-order chi connectivity index (χ0) is 29.1. The molecule has 2 saturated heterocycles. The average Bonchev–Trinajstić information content (AvgIpc) is 3.61. The van der Waals surface area contributed by atoms with Crippen LogP contribution >= 0.6 is 19.0 Å². The number of nitrogen functional groups attached to an aromatic ring is 2. The fourth-order valence-electron chi connectivity index (χ4n) is 4.99. The maximum absolute atomic E-state index is 13.3. The SMILES string of the molecule is CC1COC2C(COP(=O)(S)O[C@H](C(O)n3cnc4c(=O)[nH]c(N)nc43)C1)OC(n1cnc3c(N)ncnc31)C2O. The van der Waals surface area contributed by atoms with Crippen LogP contribution in [0.1, 0.15) is 25.8 Å². The molecular formula is C21H27N10O8PS. The van der Waals surface area contributed by atoms with Crippen molar-refractivity contribution < 1.29 is 33.3 Å². The molecule has 41 heavy (non-hydrogen) atoms. The number of aromatic amines is 1. The summed E-state index contributed by atoms with van der Waals surface area (Å²) in [6.07, 6.45) is -2.62. The summed E-state index contributed by atoms with van der Waals surface area (Å²) in [4.78, 5) is 34.9. The van der Waals surface area contributed by atoms with Crippen molar-refractivity contribution in [2.75, 3.05) is 24.7 Å². The minimum atomic E-state index is -4.12. The normalized spacial score (nSPS) is 32.1. The van der Waals surface area contributed by atoms with Crippen LogP contribution < -0.4 is 17.0 Å². The molecule has 8 atom stereocenters. The minimum absolute atomic E-state index is 0.00614. The number of hydrogen-bond acceptors (Lipinski definition) is 15. The molecule has 2 fully saturated rings. The highest BCUT2D eigenvalue weighted by Gasteiger charge is 2.48. The first-order chi connectivity index (χ1) is 19.5. The number of fused-ring (bicyclic) bond motifs is 3. The van der Waals surface area contributed by atoms with E-state index in [4.69, 9.17) is 30.0 Å². The van der Waals surface area contributed by atoms with Crippen LogP contribution in [0.3, 0.4) is 0 Å². The van der Waals surface area contributed by atoms with Gasteiger partial charge in [-0.15, -0.1) is 0 Å². The van der Waals surface area contributed by atoms with Crippen molar-refractivity contribution in [1.82, 2.24) is 39.0 Å². The van der Waals surface area contributed by atoms with Gasteiger partial charge in [-0.25, -0.2) is 24.5 Å². The highest BCUT2D eigenvalue weighted by molar-refractivity contribution is 8.44. The Balaban J connectivity index is 1.25. The van der Waals surface area contributed by atoms with Gasteiger partial charge in [-0.1, -0.05) is 19.2 Å². The van der Waals surface area contributed by atoms with Gasteiger partial charge in [-0.3, -0.25) is 28.0 Å². The number of imidazole rings is 2. The van der Waals surface area contributed by atoms with E-state index in [2.05, 4.69) is 42.2 Å². The lowest BCUT2D eigenvalue weighted by Gasteiger charge is -2.28. The van der Waals surface area contributed by atoms with Crippen LogP contribution in [-0.4, -0.2) is 86.9 Å². The van der Waals surface area contributed by atoms with Crippen molar-refractivity contribution in [1.29, 1.82) is 0 Å². The van der Waals surface area contributed by atoms with Gasteiger partial charge in [0.15, 0.2) is 35.1 Å². The molecule has 2 aliphatic heterocycles. The molecule has 0 amide bonds. The second-order valence-corrected chi connectivity index (χ2v) is 12.8. The molecule has 6 heterocycles. The molecule has 0 spiro atoms. The molecule has 7 N–H and O–H groups in total. The predicted octanol–water partition coefficient (Wildman–Crippen LogP) is -0.262. The smallest absolute Gasteiger partial charge is 0.386 e. The van der Waals surface area contributed by atoms with E-state index in [-0.39, 0.29) is 48.5 Å². The Bertz CT molecular complexity index is 1700. The zero-order valence-electron chi connectivity index (χ0n) is 21.4. The van der Waals surface area contributed by atoms with Gasteiger partial charge in [-0.2, -0.15) is 4.98 Å². The van der Waals surface area contributed by atoms with Crippen LogP contribution in [0.25, 0.3) is 22.3 Å². The summed E-state index contributed by atoms with van der Waals surface area (Å²) in [5.41, 5.74) is 11.6. The summed E-state index contributed by atoms with van der Waals surface area (Å²) in [5.74, 6) is -0.303. The number of rotatable bonds is 3. The van der Waals surface area contributed by atoms with E-state index in [0.717, 1.165) is 0 Å². The molecule has 0 aliphatic carbocycles. The van der Waals surface area contributed by atoms with Gasteiger partial charge in [0.2, 0.25) is 5.95 Å². The highest BCUT2D eigenvalue weighted by Crippen LogP contribution is 2.56. The van der Waals surface area contributed by atoms with E-state index in [9.17, 15) is 19.6 Å². The van der Waals surface area contributed by atoms with Crippen LogP contribution in [0.15, 0.2) is 23.8 Å². The number of anilines is 2. The van der Waals surface area contributed by atoms with Crippen molar-refractivity contribution in [3.8, 4) is 0 Å². The first-order valence-corrected chi connectivity index (χ1v) is 15.2. The van der Waals surface area contributed by atoms with E-state index < -0.39 is 49.2 Å². The maximum Gasteiger partial charge on any atom is 0.386 e. The van der Waals surface area contributed by atoms with E-state index in [0.29, 0.717) is 11.2 Å². The van der Waals surface area contributed by atoms with Crippen LogP contribution in [0.5, 0.6) is 0 Å². The van der Waals surface area contributed by atoms with Crippen LogP contribution in [0, 0.1) is 5.92 Å². The number of aliphatic hydroxyl groups is 2. The molecule has 18 nitrogen and oxygen atoms in total. The summed E-state index contributed by atoms with van der Waals surface area (Å²) in [6, 6.07) is 0. The van der Waals surface area contributed by atoms with E-state index in [1.54, 1.807) is 0 Å². The predicted molar refractivity (Wildman–Crippen MR) is 144 cm³/mol. The minimum Gasteiger partial charge on any atom is -0.386 e. The summed E-state index contributed by atoms with van der Waals surface area (Å²) in [7, 11) is 0.